The van der Waals surface area contributed by atoms with E-state index in [9.17, 15) is 0 Å². The minimum Gasteiger partial charge on any atom is -0.370 e. The maximum atomic E-state index is 5.82. The Morgan fingerprint density at radius 1 is 1.25 bits per heavy atom. The molecule has 1 unspecified atom stereocenters. The highest BCUT2D eigenvalue weighted by Crippen LogP contribution is 2.22. The third-order valence-corrected chi connectivity index (χ3v) is 3.73. The van der Waals surface area contributed by atoms with E-state index < -0.39 is 0 Å². The summed E-state index contributed by atoms with van der Waals surface area (Å²) in [5, 5.41) is 0. The Morgan fingerprint density at radius 3 is 2.19 bits per heavy atom. The molecule has 1 atom stereocenters. The molecule has 0 heterocycles. The second kappa shape index (κ2) is 6.16. The number of likely N-dealkylation sites (N-methyl/N-ethyl adjacent to an activating group) is 1. The Bertz CT molecular complexity index is 308. The van der Waals surface area contributed by atoms with Crippen molar-refractivity contribution in [3.63, 3.8) is 0 Å². The van der Waals surface area contributed by atoms with Gasteiger partial charge in [-0.1, -0.05) is 13.8 Å². The van der Waals surface area contributed by atoms with E-state index in [4.69, 9.17) is 5.73 Å². The number of anilines is 1. The zero-order valence-electron chi connectivity index (χ0n) is 10.6. The highest BCUT2D eigenvalue weighted by atomic mass is 32.2. The van der Waals surface area contributed by atoms with Crippen LogP contribution in [0.2, 0.25) is 0 Å². The number of benzene rings is 1. The molecule has 2 N–H and O–H groups in total. The van der Waals surface area contributed by atoms with Gasteiger partial charge >= 0.3 is 0 Å². The maximum Gasteiger partial charge on any atom is 0.0431 e. The third-order valence-electron chi connectivity index (χ3n) is 2.99. The molecule has 0 amide bonds. The van der Waals surface area contributed by atoms with Crippen molar-refractivity contribution >= 4 is 17.4 Å². The minimum atomic E-state index is 0.403. The van der Waals surface area contributed by atoms with Gasteiger partial charge in [-0.2, -0.15) is 0 Å². The summed E-state index contributed by atoms with van der Waals surface area (Å²) in [5.74, 6) is 0.565. The summed E-state index contributed by atoms with van der Waals surface area (Å²) in [7, 11) is 2.12. The lowest BCUT2D eigenvalue weighted by molar-refractivity contribution is 0.480. The van der Waals surface area contributed by atoms with Crippen molar-refractivity contribution in [2.75, 3.05) is 24.7 Å². The van der Waals surface area contributed by atoms with Gasteiger partial charge in [0.2, 0.25) is 0 Å². The van der Waals surface area contributed by atoms with Crippen LogP contribution in [0.15, 0.2) is 29.2 Å². The predicted molar refractivity (Wildman–Crippen MR) is 74.3 cm³/mol. The average Bonchev–Trinajstić information content (AvgIpc) is 2.29. The van der Waals surface area contributed by atoms with Crippen LogP contribution < -0.4 is 10.6 Å². The van der Waals surface area contributed by atoms with E-state index in [1.54, 1.807) is 11.8 Å². The molecule has 0 aromatic heterocycles. The van der Waals surface area contributed by atoms with Crippen LogP contribution in [0, 0.1) is 5.92 Å². The second-order valence-corrected chi connectivity index (χ2v) is 5.24. The van der Waals surface area contributed by atoms with Crippen LogP contribution in [0.3, 0.4) is 0 Å². The fourth-order valence-electron chi connectivity index (χ4n) is 1.89. The smallest absolute Gasteiger partial charge is 0.0431 e. The number of rotatable bonds is 5. The van der Waals surface area contributed by atoms with E-state index in [-0.39, 0.29) is 0 Å². The number of nitrogens with zero attached hydrogens (tertiary/aromatic N) is 1. The van der Waals surface area contributed by atoms with Crippen LogP contribution in [0.5, 0.6) is 0 Å². The third kappa shape index (κ3) is 3.16. The lowest BCUT2D eigenvalue weighted by atomic mass is 10.0. The van der Waals surface area contributed by atoms with Gasteiger partial charge in [0, 0.05) is 30.2 Å². The van der Waals surface area contributed by atoms with Crippen LogP contribution in [0.25, 0.3) is 0 Å². The van der Waals surface area contributed by atoms with E-state index in [2.05, 4.69) is 56.3 Å². The number of hydrogen-bond donors (Lipinski definition) is 1. The van der Waals surface area contributed by atoms with Gasteiger partial charge in [0.15, 0.2) is 0 Å². The molecule has 0 aliphatic heterocycles. The van der Waals surface area contributed by atoms with Crippen LogP contribution in [0.4, 0.5) is 5.69 Å². The molecule has 0 bridgehead atoms. The second-order valence-electron chi connectivity index (χ2n) is 4.36. The Balaban J connectivity index is 2.82. The molecule has 0 saturated heterocycles. The van der Waals surface area contributed by atoms with Crippen molar-refractivity contribution in [3.8, 4) is 0 Å². The van der Waals surface area contributed by atoms with Gasteiger partial charge in [-0.3, -0.25) is 0 Å². The van der Waals surface area contributed by atoms with E-state index in [1.165, 1.54) is 10.6 Å². The first-order valence-corrected chi connectivity index (χ1v) is 6.89. The molecule has 0 aliphatic rings. The molecule has 1 rings (SSSR count). The standard InChI is InChI=1S/C13H22N2S/c1-10(2)13(9-14)15(3)11-5-7-12(16-4)8-6-11/h5-8,10,13H,9,14H2,1-4H3. The van der Waals surface area contributed by atoms with Crippen LogP contribution in [-0.4, -0.2) is 25.9 Å². The van der Waals surface area contributed by atoms with Gasteiger partial charge in [0.25, 0.3) is 0 Å². The molecular formula is C13H22N2S. The molecule has 1 aromatic carbocycles. The monoisotopic (exact) mass is 238 g/mol. The molecule has 0 radical (unpaired) electrons. The van der Waals surface area contributed by atoms with Crippen LogP contribution >= 0.6 is 11.8 Å². The first-order chi connectivity index (χ1) is 7.60. The first kappa shape index (κ1) is 13.4. The topological polar surface area (TPSA) is 29.3 Å². The minimum absolute atomic E-state index is 0.403. The molecule has 16 heavy (non-hydrogen) atoms. The summed E-state index contributed by atoms with van der Waals surface area (Å²) in [5.41, 5.74) is 7.06. The summed E-state index contributed by atoms with van der Waals surface area (Å²) in [6.07, 6.45) is 2.09. The molecule has 0 aliphatic carbocycles. The Hall–Kier alpha value is -0.670. The highest BCUT2D eigenvalue weighted by Gasteiger charge is 2.16. The lowest BCUT2D eigenvalue weighted by Gasteiger charge is -2.32. The molecule has 2 nitrogen and oxygen atoms in total. The van der Waals surface area contributed by atoms with Crippen LogP contribution in [-0.2, 0) is 0 Å². The highest BCUT2D eigenvalue weighted by molar-refractivity contribution is 7.98. The SMILES string of the molecule is CSc1ccc(N(C)C(CN)C(C)C)cc1. The largest absolute Gasteiger partial charge is 0.370 e. The fourth-order valence-corrected chi connectivity index (χ4v) is 2.29. The molecule has 0 saturated carbocycles. The molecule has 1 aromatic rings. The van der Waals surface area contributed by atoms with Crippen molar-refractivity contribution in [2.45, 2.75) is 24.8 Å². The summed E-state index contributed by atoms with van der Waals surface area (Å²) in [6.45, 7) is 5.12. The molecular weight excluding hydrogens is 216 g/mol. The normalized spacial score (nSPS) is 12.9. The van der Waals surface area contributed by atoms with E-state index in [1.807, 2.05) is 0 Å². The molecule has 90 valence electrons. The Kier molecular flexibility index (Phi) is 5.16. The predicted octanol–water partition coefficient (Wildman–Crippen LogP) is 2.83. The quantitative estimate of drug-likeness (QED) is 0.800. The van der Waals surface area contributed by atoms with Crippen molar-refractivity contribution < 1.29 is 0 Å². The first-order valence-electron chi connectivity index (χ1n) is 5.67. The number of thioether (sulfide) groups is 1. The van der Waals surface area contributed by atoms with Gasteiger partial charge in [0.05, 0.1) is 0 Å². The molecule has 0 fully saturated rings. The van der Waals surface area contributed by atoms with Crippen molar-refractivity contribution in [1.82, 2.24) is 0 Å². The average molecular weight is 238 g/mol. The van der Waals surface area contributed by atoms with Gasteiger partial charge in [-0.05, 0) is 36.4 Å². The number of nitrogens with two attached hydrogens (primary N) is 1. The van der Waals surface area contributed by atoms with Gasteiger partial charge in [-0.15, -0.1) is 11.8 Å². The van der Waals surface area contributed by atoms with E-state index in [0.29, 0.717) is 18.5 Å². The fraction of sp³-hybridized carbons (Fsp3) is 0.538. The summed E-state index contributed by atoms with van der Waals surface area (Å²) in [6, 6.07) is 9.04. The van der Waals surface area contributed by atoms with Crippen molar-refractivity contribution in [2.24, 2.45) is 11.7 Å². The summed E-state index contributed by atoms with van der Waals surface area (Å²) < 4.78 is 0. The van der Waals surface area contributed by atoms with Gasteiger partial charge in [-0.25, -0.2) is 0 Å². The zero-order valence-corrected chi connectivity index (χ0v) is 11.4. The van der Waals surface area contributed by atoms with Gasteiger partial charge in [0.1, 0.15) is 0 Å². The van der Waals surface area contributed by atoms with E-state index in [0.717, 1.165) is 0 Å². The van der Waals surface area contributed by atoms with E-state index >= 15 is 0 Å². The maximum absolute atomic E-state index is 5.82. The lowest BCUT2D eigenvalue weighted by Crippen LogP contribution is -2.41. The molecule has 0 spiro atoms. The summed E-state index contributed by atoms with van der Waals surface area (Å²) >= 11 is 1.77. The van der Waals surface area contributed by atoms with Crippen molar-refractivity contribution in [3.05, 3.63) is 24.3 Å². The Morgan fingerprint density at radius 2 is 1.81 bits per heavy atom. The molecule has 3 heteroatoms. The van der Waals surface area contributed by atoms with Gasteiger partial charge < -0.3 is 10.6 Å². The Labute approximate surface area is 103 Å². The zero-order chi connectivity index (χ0) is 12.1. The number of hydrogen-bond acceptors (Lipinski definition) is 3. The van der Waals surface area contributed by atoms with Crippen LogP contribution in [0.1, 0.15) is 13.8 Å². The van der Waals surface area contributed by atoms with Crippen molar-refractivity contribution in [1.29, 1.82) is 0 Å². The summed E-state index contributed by atoms with van der Waals surface area (Å²) in [4.78, 5) is 3.57.